The van der Waals surface area contributed by atoms with E-state index in [4.69, 9.17) is 0 Å². The van der Waals surface area contributed by atoms with Crippen LogP contribution in [0.15, 0.2) is 35.4 Å². The molecule has 9 heteroatoms. The maximum atomic E-state index is 12.8. The molecule has 132 valence electrons. The predicted octanol–water partition coefficient (Wildman–Crippen LogP) is 2.80. The molecule has 0 bridgehead atoms. The molecule has 1 atom stereocenters. The van der Waals surface area contributed by atoms with E-state index >= 15 is 0 Å². The van der Waals surface area contributed by atoms with E-state index in [0.29, 0.717) is 16.8 Å². The van der Waals surface area contributed by atoms with Gasteiger partial charge in [-0.1, -0.05) is 32.0 Å². The summed E-state index contributed by atoms with van der Waals surface area (Å²) >= 11 is 0. The van der Waals surface area contributed by atoms with Crippen LogP contribution in [0, 0.1) is 0 Å². The second-order valence-corrected chi connectivity index (χ2v) is 5.94. The topological polar surface area (TPSA) is 83.3 Å². The lowest BCUT2D eigenvalue weighted by molar-refractivity contribution is -0.206. The van der Waals surface area contributed by atoms with Crippen LogP contribution in [0.25, 0.3) is 17.0 Å². The summed E-state index contributed by atoms with van der Waals surface area (Å²) in [7, 11) is 0. The van der Waals surface area contributed by atoms with Crippen molar-refractivity contribution in [2.24, 2.45) is 0 Å². The summed E-state index contributed by atoms with van der Waals surface area (Å²) in [6, 6.07) is 5.36. The van der Waals surface area contributed by atoms with E-state index in [1.54, 1.807) is 19.9 Å². The first-order chi connectivity index (χ1) is 11.7. The Morgan fingerprint density at radius 2 is 2.00 bits per heavy atom. The minimum atomic E-state index is -4.77. The number of benzene rings is 1. The Hall–Kier alpha value is -2.68. The van der Waals surface area contributed by atoms with Crippen LogP contribution >= 0.6 is 0 Å². The molecule has 25 heavy (non-hydrogen) atoms. The van der Waals surface area contributed by atoms with Crippen molar-refractivity contribution in [1.82, 2.24) is 19.6 Å². The number of aromatic nitrogens is 4. The number of aromatic amines is 1. The molecule has 0 saturated heterocycles. The number of nitrogens with zero attached hydrogens (tertiary/aromatic N) is 3. The van der Waals surface area contributed by atoms with Gasteiger partial charge in [0, 0.05) is 5.56 Å². The standard InChI is InChI=1S/C16H15F3N4O2/c1-8(2)11-12(22-15-20-7-21-23(15)14(11)25)9-4-3-5-10(6-9)13(24)16(17,18)19/h3-8,13,24H,1-2H3,(H,20,21,22). The van der Waals surface area contributed by atoms with Crippen LogP contribution in [0.5, 0.6) is 0 Å². The van der Waals surface area contributed by atoms with Crippen molar-refractivity contribution in [2.45, 2.75) is 32.0 Å². The Balaban J connectivity index is 2.23. The molecule has 0 aliphatic heterocycles. The molecule has 6 nitrogen and oxygen atoms in total. The van der Waals surface area contributed by atoms with Crippen molar-refractivity contribution in [3.8, 4) is 11.3 Å². The van der Waals surface area contributed by atoms with Gasteiger partial charge >= 0.3 is 6.18 Å². The van der Waals surface area contributed by atoms with Gasteiger partial charge in [0.2, 0.25) is 5.78 Å². The van der Waals surface area contributed by atoms with Gasteiger partial charge in [-0.2, -0.15) is 27.8 Å². The van der Waals surface area contributed by atoms with E-state index in [9.17, 15) is 23.1 Å². The van der Waals surface area contributed by atoms with Gasteiger partial charge in [-0.15, -0.1) is 0 Å². The van der Waals surface area contributed by atoms with Gasteiger partial charge in [0.15, 0.2) is 6.10 Å². The van der Waals surface area contributed by atoms with E-state index < -0.39 is 17.8 Å². The fourth-order valence-corrected chi connectivity index (χ4v) is 2.69. The van der Waals surface area contributed by atoms with Crippen LogP contribution in [-0.4, -0.2) is 30.9 Å². The first kappa shape index (κ1) is 17.2. The highest BCUT2D eigenvalue weighted by atomic mass is 19.4. The average molecular weight is 352 g/mol. The number of rotatable bonds is 3. The molecule has 0 aliphatic carbocycles. The third-order valence-electron chi connectivity index (χ3n) is 3.86. The zero-order valence-electron chi connectivity index (χ0n) is 13.4. The summed E-state index contributed by atoms with van der Waals surface area (Å²) in [6.07, 6.45) is -6.16. The molecule has 0 radical (unpaired) electrons. The monoisotopic (exact) mass is 352 g/mol. The predicted molar refractivity (Wildman–Crippen MR) is 84.1 cm³/mol. The molecule has 0 saturated carbocycles. The summed E-state index contributed by atoms with van der Waals surface area (Å²) < 4.78 is 39.4. The molecule has 2 aromatic heterocycles. The molecule has 0 fully saturated rings. The van der Waals surface area contributed by atoms with E-state index in [1.807, 2.05) is 0 Å². The largest absolute Gasteiger partial charge is 0.418 e. The normalized spacial score (nSPS) is 13.6. The Kier molecular flexibility index (Phi) is 4.11. The second kappa shape index (κ2) is 5.99. The lowest BCUT2D eigenvalue weighted by atomic mass is 9.96. The number of nitrogens with one attached hydrogen (secondary N) is 1. The van der Waals surface area contributed by atoms with Gasteiger partial charge in [0.25, 0.3) is 5.56 Å². The van der Waals surface area contributed by atoms with E-state index in [-0.39, 0.29) is 17.3 Å². The molecule has 0 amide bonds. The molecule has 1 aromatic carbocycles. The molecule has 0 spiro atoms. The minimum Gasteiger partial charge on any atom is -0.379 e. The zero-order chi connectivity index (χ0) is 18.4. The van der Waals surface area contributed by atoms with Crippen LogP contribution in [0.1, 0.15) is 37.0 Å². The lowest BCUT2D eigenvalue weighted by Gasteiger charge is -2.17. The van der Waals surface area contributed by atoms with Gasteiger partial charge in [-0.3, -0.25) is 4.79 Å². The number of halogens is 3. The fourth-order valence-electron chi connectivity index (χ4n) is 2.69. The molecular weight excluding hydrogens is 337 g/mol. The van der Waals surface area contributed by atoms with Crippen LogP contribution in [0.4, 0.5) is 13.2 Å². The Morgan fingerprint density at radius 3 is 2.64 bits per heavy atom. The highest BCUT2D eigenvalue weighted by Crippen LogP contribution is 2.34. The number of hydrogen-bond donors (Lipinski definition) is 2. The highest BCUT2D eigenvalue weighted by molar-refractivity contribution is 5.66. The second-order valence-electron chi connectivity index (χ2n) is 5.94. The summed E-state index contributed by atoms with van der Waals surface area (Å²) in [4.78, 5) is 19.5. The molecule has 3 rings (SSSR count). The van der Waals surface area contributed by atoms with Crippen molar-refractivity contribution < 1.29 is 18.3 Å². The zero-order valence-corrected chi connectivity index (χ0v) is 13.4. The van der Waals surface area contributed by atoms with Crippen molar-refractivity contribution in [3.05, 3.63) is 52.1 Å². The summed E-state index contributed by atoms with van der Waals surface area (Å²) in [5.41, 5.74) is 0.389. The highest BCUT2D eigenvalue weighted by Gasteiger charge is 2.39. The van der Waals surface area contributed by atoms with E-state index in [1.165, 1.54) is 24.5 Å². The summed E-state index contributed by atoms with van der Waals surface area (Å²) in [6.45, 7) is 3.59. The van der Waals surface area contributed by atoms with Gasteiger partial charge in [-0.25, -0.2) is 0 Å². The molecule has 0 aliphatic rings. The summed E-state index contributed by atoms with van der Waals surface area (Å²) in [5.74, 6) is -0.0188. The number of fused-ring (bicyclic) bond motifs is 1. The number of alkyl halides is 3. The molecule has 2 heterocycles. The maximum absolute atomic E-state index is 12.8. The minimum absolute atomic E-state index is 0.186. The number of hydrogen-bond acceptors (Lipinski definition) is 4. The third-order valence-corrected chi connectivity index (χ3v) is 3.86. The van der Waals surface area contributed by atoms with Crippen LogP contribution in [0.2, 0.25) is 0 Å². The number of H-pyrrole nitrogens is 1. The van der Waals surface area contributed by atoms with Crippen molar-refractivity contribution >= 4 is 5.78 Å². The van der Waals surface area contributed by atoms with Crippen LogP contribution in [-0.2, 0) is 0 Å². The van der Waals surface area contributed by atoms with Crippen molar-refractivity contribution in [3.63, 3.8) is 0 Å². The van der Waals surface area contributed by atoms with Gasteiger partial charge in [-0.05, 0) is 23.1 Å². The van der Waals surface area contributed by atoms with Crippen LogP contribution < -0.4 is 5.56 Å². The van der Waals surface area contributed by atoms with Crippen molar-refractivity contribution in [1.29, 1.82) is 0 Å². The quantitative estimate of drug-likeness (QED) is 0.759. The van der Waals surface area contributed by atoms with E-state index in [2.05, 4.69) is 15.1 Å². The summed E-state index contributed by atoms with van der Waals surface area (Å²) in [5, 5.41) is 13.3. The Morgan fingerprint density at radius 1 is 1.28 bits per heavy atom. The van der Waals surface area contributed by atoms with Crippen molar-refractivity contribution in [2.75, 3.05) is 0 Å². The van der Waals surface area contributed by atoms with Gasteiger partial charge in [0.1, 0.15) is 6.33 Å². The van der Waals surface area contributed by atoms with Gasteiger partial charge in [0.05, 0.1) is 5.69 Å². The first-order valence-corrected chi connectivity index (χ1v) is 7.51. The number of aliphatic hydroxyl groups excluding tert-OH is 1. The molecular formula is C16H15F3N4O2. The third kappa shape index (κ3) is 3.02. The van der Waals surface area contributed by atoms with Gasteiger partial charge < -0.3 is 10.1 Å². The Bertz CT molecular complexity index is 975. The molecule has 1 unspecified atom stereocenters. The smallest absolute Gasteiger partial charge is 0.379 e. The Labute approximate surface area is 140 Å². The molecule has 2 N–H and O–H groups in total. The fraction of sp³-hybridized carbons (Fsp3) is 0.312. The SMILES string of the molecule is CC(C)c1c(-c2cccc(C(O)C(F)(F)F)c2)[nH]c2ncnn2c1=O. The maximum Gasteiger partial charge on any atom is 0.418 e. The first-order valence-electron chi connectivity index (χ1n) is 7.51. The molecule has 3 aromatic rings. The van der Waals surface area contributed by atoms with Crippen LogP contribution in [0.3, 0.4) is 0 Å². The average Bonchev–Trinajstić information content (AvgIpc) is 3.01. The number of aliphatic hydroxyl groups is 1. The van der Waals surface area contributed by atoms with E-state index in [0.717, 1.165) is 4.52 Å². The lowest BCUT2D eigenvalue weighted by Crippen LogP contribution is -2.23.